The van der Waals surface area contributed by atoms with E-state index in [4.69, 9.17) is 14.2 Å². The average Bonchev–Trinajstić information content (AvgIpc) is 3.27. The summed E-state index contributed by atoms with van der Waals surface area (Å²) in [7, 11) is 0. The van der Waals surface area contributed by atoms with E-state index in [0.29, 0.717) is 19.3 Å². The summed E-state index contributed by atoms with van der Waals surface area (Å²) >= 11 is 0. The minimum Gasteiger partial charge on any atom is -0.462 e. The third-order valence-corrected chi connectivity index (χ3v) is 10.4. The van der Waals surface area contributed by atoms with Gasteiger partial charge in [-0.25, -0.2) is 0 Å². The summed E-state index contributed by atoms with van der Waals surface area (Å²) in [5.74, 6) is -0.986. The summed E-state index contributed by atoms with van der Waals surface area (Å²) in [5.41, 5.74) is 0. The summed E-state index contributed by atoms with van der Waals surface area (Å²) in [4.78, 5) is 37.9. The first kappa shape index (κ1) is 58.3. The third kappa shape index (κ3) is 47.4. The second-order valence-electron chi connectivity index (χ2n) is 16.4. The van der Waals surface area contributed by atoms with Crippen molar-refractivity contribution in [3.05, 3.63) is 97.2 Å². The molecule has 0 aromatic carbocycles. The molecule has 0 radical (unpaired) electrons. The number of hydrogen-bond acceptors (Lipinski definition) is 6. The molecule has 0 amide bonds. The molecule has 352 valence electrons. The van der Waals surface area contributed by atoms with Crippen LogP contribution < -0.4 is 0 Å². The number of hydrogen-bond donors (Lipinski definition) is 0. The Bertz CT molecular complexity index is 1260. The van der Waals surface area contributed by atoms with E-state index in [1.165, 1.54) is 70.6 Å². The highest BCUT2D eigenvalue weighted by Crippen LogP contribution is 2.15. The van der Waals surface area contributed by atoms with Crippen LogP contribution in [0.4, 0.5) is 0 Å². The first-order valence-electron chi connectivity index (χ1n) is 25.3. The Morgan fingerprint density at radius 1 is 0.355 bits per heavy atom. The van der Waals surface area contributed by atoms with Gasteiger partial charge in [0, 0.05) is 19.3 Å². The van der Waals surface area contributed by atoms with Crippen LogP contribution in [0, 0.1) is 0 Å². The Balaban J connectivity index is 4.50. The van der Waals surface area contributed by atoms with E-state index in [1.54, 1.807) is 0 Å². The number of carbonyl (C=O) groups excluding carboxylic acids is 3. The summed E-state index contributed by atoms with van der Waals surface area (Å²) in [5, 5.41) is 0. The number of unbranched alkanes of at least 4 members (excludes halogenated alkanes) is 19. The molecule has 0 heterocycles. The van der Waals surface area contributed by atoms with Gasteiger partial charge < -0.3 is 14.2 Å². The fourth-order valence-corrected chi connectivity index (χ4v) is 6.65. The molecule has 1 unspecified atom stereocenters. The lowest BCUT2D eigenvalue weighted by Gasteiger charge is -2.18. The Kier molecular flexibility index (Phi) is 47.0. The second-order valence-corrected chi connectivity index (χ2v) is 16.4. The number of rotatable bonds is 44. The van der Waals surface area contributed by atoms with Crippen LogP contribution in [0.2, 0.25) is 0 Å². The summed E-state index contributed by atoms with van der Waals surface area (Å²) < 4.78 is 16.7. The first-order chi connectivity index (χ1) is 30.5. The smallest absolute Gasteiger partial charge is 0.306 e. The minimum atomic E-state index is -0.807. The first-order valence-corrected chi connectivity index (χ1v) is 25.3. The minimum absolute atomic E-state index is 0.106. The monoisotopic (exact) mass is 861 g/mol. The van der Waals surface area contributed by atoms with Gasteiger partial charge in [-0.2, -0.15) is 0 Å². The molecule has 0 saturated heterocycles. The van der Waals surface area contributed by atoms with Gasteiger partial charge in [0.15, 0.2) is 6.10 Å². The predicted octanol–water partition coefficient (Wildman–Crippen LogP) is 16.6. The van der Waals surface area contributed by atoms with Crippen molar-refractivity contribution in [2.75, 3.05) is 13.2 Å². The zero-order chi connectivity index (χ0) is 45.1. The van der Waals surface area contributed by atoms with Crippen molar-refractivity contribution in [2.24, 2.45) is 0 Å². The molecule has 0 fully saturated rings. The Morgan fingerprint density at radius 3 is 1.21 bits per heavy atom. The van der Waals surface area contributed by atoms with Crippen LogP contribution in [0.25, 0.3) is 0 Å². The number of esters is 3. The van der Waals surface area contributed by atoms with Crippen molar-refractivity contribution in [2.45, 2.75) is 226 Å². The maximum Gasteiger partial charge on any atom is 0.306 e. The van der Waals surface area contributed by atoms with E-state index < -0.39 is 6.10 Å². The van der Waals surface area contributed by atoms with E-state index in [-0.39, 0.29) is 37.5 Å². The molecule has 1 atom stereocenters. The van der Waals surface area contributed by atoms with Gasteiger partial charge in [-0.1, -0.05) is 221 Å². The van der Waals surface area contributed by atoms with Crippen LogP contribution >= 0.6 is 0 Å². The molecule has 0 aliphatic carbocycles. The highest BCUT2D eigenvalue weighted by atomic mass is 16.6. The third-order valence-electron chi connectivity index (χ3n) is 10.4. The predicted molar refractivity (Wildman–Crippen MR) is 265 cm³/mol. The van der Waals surface area contributed by atoms with Crippen LogP contribution in [0.1, 0.15) is 220 Å². The molecule has 0 saturated carbocycles. The topological polar surface area (TPSA) is 78.9 Å². The van der Waals surface area contributed by atoms with Gasteiger partial charge in [0.05, 0.1) is 0 Å². The van der Waals surface area contributed by atoms with Gasteiger partial charge in [0.2, 0.25) is 0 Å². The fourth-order valence-electron chi connectivity index (χ4n) is 6.65. The van der Waals surface area contributed by atoms with Crippen molar-refractivity contribution in [3.63, 3.8) is 0 Å². The van der Waals surface area contributed by atoms with Crippen LogP contribution in [0.3, 0.4) is 0 Å². The van der Waals surface area contributed by atoms with Gasteiger partial charge in [-0.3, -0.25) is 14.4 Å². The van der Waals surface area contributed by atoms with E-state index in [0.717, 1.165) is 103 Å². The summed E-state index contributed by atoms with van der Waals surface area (Å²) in [6.45, 7) is 6.32. The van der Waals surface area contributed by atoms with E-state index in [1.807, 2.05) is 0 Å². The fraction of sp³-hybridized carbons (Fsp3) is 0.661. The molecule has 0 rings (SSSR count). The molecule has 0 aliphatic rings. The maximum atomic E-state index is 12.8. The number of carbonyl (C=O) groups is 3. The van der Waals surface area contributed by atoms with Crippen LogP contribution in [0.15, 0.2) is 97.2 Å². The number of allylic oxidation sites excluding steroid dienone is 16. The Morgan fingerprint density at radius 2 is 0.726 bits per heavy atom. The van der Waals surface area contributed by atoms with Crippen molar-refractivity contribution >= 4 is 17.9 Å². The maximum absolute atomic E-state index is 12.8. The van der Waals surface area contributed by atoms with Gasteiger partial charge in [-0.15, -0.1) is 0 Å². The van der Waals surface area contributed by atoms with Crippen LogP contribution in [0.5, 0.6) is 0 Å². The zero-order valence-electron chi connectivity index (χ0n) is 40.1. The Labute approximate surface area is 381 Å². The highest BCUT2D eigenvalue weighted by Gasteiger charge is 2.19. The lowest BCUT2D eigenvalue weighted by atomic mass is 10.0. The molecular weight excluding hydrogens is 769 g/mol. The lowest BCUT2D eigenvalue weighted by molar-refractivity contribution is -0.167. The molecular formula is C56H92O6. The molecule has 0 aromatic rings. The molecule has 0 aromatic heterocycles. The van der Waals surface area contributed by atoms with E-state index in [9.17, 15) is 14.4 Å². The average molecular weight is 861 g/mol. The van der Waals surface area contributed by atoms with Gasteiger partial charge in [0.25, 0.3) is 0 Å². The number of ether oxygens (including phenoxy) is 3. The largest absolute Gasteiger partial charge is 0.462 e. The standard InChI is InChI=1S/C56H92O6/c1-4-7-10-13-16-19-22-25-27-28-29-32-34-37-40-43-46-49-55(58)61-52-53(51-60-54(57)48-45-42-39-36-33-30-24-21-18-15-12-9-6-3)62-56(59)50-47-44-41-38-35-31-26-23-20-17-14-11-8-5-2/h7,9-10,12,15-16,18-19,21,24-25,27,29,32,37,40,53H,4-6,8,11,13-14,17,20,22-23,26,28,30-31,33-36,38-39,41-52H2,1-3H3/b10-7-,12-9-,18-15-,19-16-,24-21-,27-25-,32-29-,40-37-. The quantitative estimate of drug-likeness (QED) is 0.0200. The second kappa shape index (κ2) is 50.0. The van der Waals surface area contributed by atoms with Crippen molar-refractivity contribution < 1.29 is 28.6 Å². The van der Waals surface area contributed by atoms with Gasteiger partial charge in [-0.05, 0) is 77.0 Å². The summed E-state index contributed by atoms with van der Waals surface area (Å²) in [6.07, 6.45) is 65.4. The SMILES string of the molecule is CC\C=C/C=C\C=C/CCCCCCCC(=O)OCC(COC(=O)CCC/C=C\C/C=C\C/C=C\C/C=C\C/C=C\CC)OC(=O)CCCCCCCCCCCCCCCC. The molecule has 6 nitrogen and oxygen atoms in total. The molecule has 0 bridgehead atoms. The van der Waals surface area contributed by atoms with Gasteiger partial charge in [0.1, 0.15) is 13.2 Å². The lowest BCUT2D eigenvalue weighted by Crippen LogP contribution is -2.30. The zero-order valence-corrected chi connectivity index (χ0v) is 40.1. The van der Waals surface area contributed by atoms with Crippen molar-refractivity contribution in [1.29, 1.82) is 0 Å². The van der Waals surface area contributed by atoms with Crippen LogP contribution in [-0.4, -0.2) is 37.2 Å². The normalized spacial score (nSPS) is 12.9. The molecule has 6 heteroatoms. The van der Waals surface area contributed by atoms with E-state index >= 15 is 0 Å². The van der Waals surface area contributed by atoms with Gasteiger partial charge >= 0.3 is 17.9 Å². The van der Waals surface area contributed by atoms with E-state index in [2.05, 4.69) is 118 Å². The highest BCUT2D eigenvalue weighted by molar-refractivity contribution is 5.71. The molecule has 0 spiro atoms. The molecule has 62 heavy (non-hydrogen) atoms. The van der Waals surface area contributed by atoms with Crippen molar-refractivity contribution in [3.8, 4) is 0 Å². The Hall–Kier alpha value is -3.67. The molecule has 0 N–H and O–H groups in total. The van der Waals surface area contributed by atoms with Crippen LogP contribution in [-0.2, 0) is 28.6 Å². The molecule has 0 aliphatic heterocycles. The summed E-state index contributed by atoms with van der Waals surface area (Å²) in [6, 6.07) is 0. The van der Waals surface area contributed by atoms with Crippen molar-refractivity contribution in [1.82, 2.24) is 0 Å².